The van der Waals surface area contributed by atoms with Gasteiger partial charge >= 0.3 is 0 Å². The van der Waals surface area contributed by atoms with Crippen molar-refractivity contribution in [2.24, 2.45) is 0 Å². The Hall–Kier alpha value is -2.61. The zero-order chi connectivity index (χ0) is 23.7. The van der Waals surface area contributed by atoms with Crippen molar-refractivity contribution < 1.29 is 13.9 Å². The minimum Gasteiger partial charge on any atom is -0.378 e. The summed E-state index contributed by atoms with van der Waals surface area (Å²) in [5.74, 6) is -0.470. The third kappa shape index (κ3) is 5.06. The predicted octanol–water partition coefficient (Wildman–Crippen LogP) is 5.04. The van der Waals surface area contributed by atoms with Gasteiger partial charge in [-0.15, -0.1) is 0 Å². The first-order valence-electron chi connectivity index (χ1n) is 12.2. The van der Waals surface area contributed by atoms with Crippen LogP contribution >= 0.6 is 0 Å². The Kier molecular flexibility index (Phi) is 6.51. The first-order chi connectivity index (χ1) is 16.4. The van der Waals surface area contributed by atoms with Gasteiger partial charge in [0.15, 0.2) is 0 Å². The lowest BCUT2D eigenvalue weighted by atomic mass is 10.0. The van der Waals surface area contributed by atoms with Gasteiger partial charge in [-0.2, -0.15) is 0 Å². The van der Waals surface area contributed by atoms with Crippen molar-refractivity contribution in [3.63, 3.8) is 0 Å². The standard InChI is InChI=1S/C27H32FN3O2Si/c1-34(2)15-11-30(12-16-34)19-20-3-5-21(6-4-20)26-18-24(27(32)31-9-13-33-14-10-31)23-17-22(28)7-8-25(23)29-26/h3-8,17-18H,9-16,19H2,1-2H3. The topological polar surface area (TPSA) is 45.7 Å². The van der Waals surface area contributed by atoms with E-state index in [4.69, 9.17) is 9.72 Å². The van der Waals surface area contributed by atoms with E-state index in [9.17, 15) is 9.18 Å². The molecule has 0 radical (unpaired) electrons. The zero-order valence-corrected chi connectivity index (χ0v) is 21.0. The molecule has 178 valence electrons. The highest BCUT2D eigenvalue weighted by molar-refractivity contribution is 6.77. The maximum Gasteiger partial charge on any atom is 0.254 e. The van der Waals surface area contributed by atoms with E-state index in [2.05, 4.69) is 42.3 Å². The van der Waals surface area contributed by atoms with Crippen molar-refractivity contribution in [2.45, 2.75) is 31.7 Å². The molecule has 0 atom stereocenters. The summed E-state index contributed by atoms with van der Waals surface area (Å²) in [6.45, 7) is 10.5. The number of nitrogens with zero attached hydrogens (tertiary/aromatic N) is 3. The van der Waals surface area contributed by atoms with Gasteiger partial charge in [-0.3, -0.25) is 9.69 Å². The number of amides is 1. The van der Waals surface area contributed by atoms with Gasteiger partial charge in [0.05, 0.1) is 30.0 Å². The molecule has 0 saturated carbocycles. The van der Waals surface area contributed by atoms with Gasteiger partial charge in [0.25, 0.3) is 5.91 Å². The van der Waals surface area contributed by atoms with E-state index in [1.54, 1.807) is 11.0 Å². The molecule has 34 heavy (non-hydrogen) atoms. The Morgan fingerprint density at radius 2 is 1.71 bits per heavy atom. The van der Waals surface area contributed by atoms with E-state index in [-0.39, 0.29) is 11.7 Å². The molecule has 5 rings (SSSR count). The summed E-state index contributed by atoms with van der Waals surface area (Å²) in [4.78, 5) is 22.4. The zero-order valence-electron chi connectivity index (χ0n) is 20.0. The molecule has 5 nitrogen and oxygen atoms in total. The van der Waals surface area contributed by atoms with E-state index in [0.717, 1.165) is 17.8 Å². The van der Waals surface area contributed by atoms with Gasteiger partial charge in [-0.25, -0.2) is 9.37 Å². The Morgan fingerprint density at radius 3 is 2.41 bits per heavy atom. The van der Waals surface area contributed by atoms with Crippen LogP contribution in [-0.2, 0) is 11.3 Å². The average Bonchev–Trinajstić information content (AvgIpc) is 2.85. The molecule has 3 heterocycles. The first-order valence-corrected chi connectivity index (χ1v) is 15.6. The number of benzene rings is 2. The number of rotatable bonds is 4. The van der Waals surface area contributed by atoms with Crippen LogP contribution in [0.3, 0.4) is 0 Å². The summed E-state index contributed by atoms with van der Waals surface area (Å²) in [7, 11) is -0.968. The molecule has 2 aromatic carbocycles. The summed E-state index contributed by atoms with van der Waals surface area (Å²) in [6, 6.07) is 17.5. The van der Waals surface area contributed by atoms with Crippen LogP contribution in [0.25, 0.3) is 22.2 Å². The van der Waals surface area contributed by atoms with Crippen molar-refractivity contribution in [1.29, 1.82) is 0 Å². The summed E-state index contributed by atoms with van der Waals surface area (Å²) < 4.78 is 19.4. The monoisotopic (exact) mass is 477 g/mol. The van der Waals surface area contributed by atoms with E-state index < -0.39 is 8.07 Å². The molecule has 2 aliphatic rings. The Balaban J connectivity index is 1.42. The highest BCUT2D eigenvalue weighted by Gasteiger charge is 2.27. The molecule has 3 aromatic rings. The minimum absolute atomic E-state index is 0.101. The average molecular weight is 478 g/mol. The molecule has 2 fully saturated rings. The van der Waals surface area contributed by atoms with Gasteiger partial charge in [0.1, 0.15) is 5.82 Å². The normalized spacial score (nSPS) is 18.9. The lowest BCUT2D eigenvalue weighted by molar-refractivity contribution is 0.0304. The first kappa shape index (κ1) is 23.1. The highest BCUT2D eigenvalue weighted by Crippen LogP contribution is 2.28. The second kappa shape index (κ2) is 9.56. The van der Waals surface area contributed by atoms with Crippen LogP contribution in [0.4, 0.5) is 4.39 Å². The number of ether oxygens (including phenoxy) is 1. The molecule has 0 aliphatic carbocycles. The second-order valence-corrected chi connectivity index (χ2v) is 15.6. The molecule has 0 spiro atoms. The summed E-state index contributed by atoms with van der Waals surface area (Å²) >= 11 is 0. The molecule has 0 unspecified atom stereocenters. The fourth-order valence-electron chi connectivity index (χ4n) is 4.82. The summed E-state index contributed by atoms with van der Waals surface area (Å²) in [6.07, 6.45) is 0. The van der Waals surface area contributed by atoms with Crippen molar-refractivity contribution in [3.05, 3.63) is 65.5 Å². The third-order valence-electron chi connectivity index (χ3n) is 7.16. The lowest BCUT2D eigenvalue weighted by Crippen LogP contribution is -2.42. The molecule has 0 bridgehead atoms. The number of fused-ring (bicyclic) bond motifs is 1. The van der Waals surface area contributed by atoms with E-state index in [1.807, 2.05) is 6.07 Å². The van der Waals surface area contributed by atoms with Crippen LogP contribution in [0.15, 0.2) is 48.5 Å². The van der Waals surface area contributed by atoms with Gasteiger partial charge in [-0.05, 0) is 55.0 Å². The Morgan fingerprint density at radius 1 is 1.00 bits per heavy atom. The van der Waals surface area contributed by atoms with Gasteiger partial charge in [0, 0.05) is 38.7 Å². The van der Waals surface area contributed by atoms with Crippen LogP contribution in [0.2, 0.25) is 25.2 Å². The smallest absolute Gasteiger partial charge is 0.254 e. The number of hydrogen-bond acceptors (Lipinski definition) is 4. The van der Waals surface area contributed by atoms with Gasteiger partial charge in [0.2, 0.25) is 0 Å². The van der Waals surface area contributed by atoms with E-state index in [1.165, 1.54) is 42.9 Å². The van der Waals surface area contributed by atoms with Crippen LogP contribution < -0.4 is 0 Å². The number of aromatic nitrogens is 1. The fourth-order valence-corrected chi connectivity index (χ4v) is 6.91. The summed E-state index contributed by atoms with van der Waals surface area (Å²) in [5.41, 5.74) is 4.09. The molecule has 2 aliphatic heterocycles. The minimum atomic E-state index is -0.968. The van der Waals surface area contributed by atoms with Crippen LogP contribution in [0.5, 0.6) is 0 Å². The molecular formula is C27H32FN3O2Si. The van der Waals surface area contributed by atoms with Crippen molar-refractivity contribution >= 4 is 24.9 Å². The maximum atomic E-state index is 14.1. The molecule has 7 heteroatoms. The van der Waals surface area contributed by atoms with Crippen LogP contribution in [0, 0.1) is 5.82 Å². The van der Waals surface area contributed by atoms with E-state index in [0.29, 0.717) is 42.8 Å². The van der Waals surface area contributed by atoms with Crippen molar-refractivity contribution in [3.8, 4) is 11.3 Å². The fraction of sp³-hybridized carbons (Fsp3) is 0.407. The molecule has 1 aromatic heterocycles. The van der Waals surface area contributed by atoms with Crippen molar-refractivity contribution in [1.82, 2.24) is 14.8 Å². The second-order valence-electron chi connectivity index (χ2n) is 10.3. The molecule has 1 amide bonds. The molecular weight excluding hydrogens is 445 g/mol. The predicted molar refractivity (Wildman–Crippen MR) is 136 cm³/mol. The lowest BCUT2D eigenvalue weighted by Gasteiger charge is -2.35. The number of carbonyl (C=O) groups excluding carboxylic acids is 1. The largest absolute Gasteiger partial charge is 0.378 e. The number of halogens is 1. The number of hydrogen-bond donors (Lipinski definition) is 0. The molecule has 0 N–H and O–H groups in total. The summed E-state index contributed by atoms with van der Waals surface area (Å²) in [5, 5.41) is 0.549. The van der Waals surface area contributed by atoms with E-state index >= 15 is 0 Å². The number of pyridine rings is 1. The van der Waals surface area contributed by atoms with Crippen LogP contribution in [-0.4, -0.2) is 68.2 Å². The van der Waals surface area contributed by atoms with Gasteiger partial charge in [-0.1, -0.05) is 37.4 Å². The quantitative estimate of drug-likeness (QED) is 0.494. The Bertz CT molecular complexity index is 1180. The number of carbonyl (C=O) groups is 1. The highest BCUT2D eigenvalue weighted by atomic mass is 28.3. The van der Waals surface area contributed by atoms with Crippen LogP contribution in [0.1, 0.15) is 15.9 Å². The number of morpholine rings is 1. The maximum absolute atomic E-state index is 14.1. The van der Waals surface area contributed by atoms with Crippen molar-refractivity contribution in [2.75, 3.05) is 39.4 Å². The molecule has 2 saturated heterocycles. The SMILES string of the molecule is C[Si]1(C)CCN(Cc2ccc(-c3cc(C(=O)N4CCOCC4)c4cc(F)ccc4n3)cc2)CC1. The third-order valence-corrected chi connectivity index (χ3v) is 10.3. The van der Waals surface area contributed by atoms with Gasteiger partial charge < -0.3 is 9.64 Å². The Labute approximate surface area is 201 Å².